The van der Waals surface area contributed by atoms with Gasteiger partial charge in [0.15, 0.2) is 5.13 Å². The Balaban J connectivity index is 1.37. The molecular weight excluding hydrogens is 444 g/mol. The van der Waals surface area contributed by atoms with E-state index in [2.05, 4.69) is 22.2 Å². The van der Waals surface area contributed by atoms with Crippen molar-refractivity contribution >= 4 is 38.5 Å². The molecule has 0 atom stereocenters. The summed E-state index contributed by atoms with van der Waals surface area (Å²) in [6.07, 6.45) is 0. The first-order chi connectivity index (χ1) is 16.6. The first-order valence-corrected chi connectivity index (χ1v) is 12.2. The summed E-state index contributed by atoms with van der Waals surface area (Å²) < 4.78 is 0.881. The van der Waals surface area contributed by atoms with Gasteiger partial charge in [-0.1, -0.05) is 72.0 Å². The SMILES string of the molecule is CN1CCN(C(=O)c2ccc3nc(NC(=O)C(c4ccccc4)c4ccccc4)sc3c2)CC1. The van der Waals surface area contributed by atoms with Crippen molar-refractivity contribution in [2.24, 2.45) is 0 Å². The molecule has 1 aromatic heterocycles. The van der Waals surface area contributed by atoms with Crippen LogP contribution < -0.4 is 5.32 Å². The Kier molecular flexibility index (Phi) is 6.38. The van der Waals surface area contributed by atoms with Crippen LogP contribution in [0.2, 0.25) is 0 Å². The van der Waals surface area contributed by atoms with Crippen LogP contribution in [0.25, 0.3) is 10.2 Å². The van der Waals surface area contributed by atoms with Crippen molar-refractivity contribution in [3.8, 4) is 0 Å². The highest BCUT2D eigenvalue weighted by Crippen LogP contribution is 2.30. The molecule has 0 saturated carbocycles. The summed E-state index contributed by atoms with van der Waals surface area (Å²) in [4.78, 5) is 35.1. The summed E-state index contributed by atoms with van der Waals surface area (Å²) in [7, 11) is 2.07. The van der Waals surface area contributed by atoms with E-state index in [0.29, 0.717) is 10.7 Å². The molecule has 5 rings (SSSR count). The van der Waals surface area contributed by atoms with Crippen LogP contribution in [0.4, 0.5) is 5.13 Å². The van der Waals surface area contributed by atoms with E-state index in [-0.39, 0.29) is 11.8 Å². The molecule has 2 amide bonds. The van der Waals surface area contributed by atoms with Gasteiger partial charge in [-0.05, 0) is 36.4 Å². The molecule has 172 valence electrons. The van der Waals surface area contributed by atoms with Gasteiger partial charge in [0.1, 0.15) is 0 Å². The fourth-order valence-electron chi connectivity index (χ4n) is 4.27. The largest absolute Gasteiger partial charge is 0.336 e. The van der Waals surface area contributed by atoms with Crippen LogP contribution in [0, 0.1) is 0 Å². The number of hydrogen-bond donors (Lipinski definition) is 1. The first kappa shape index (κ1) is 22.3. The van der Waals surface area contributed by atoms with E-state index in [1.165, 1.54) is 11.3 Å². The third-order valence-electron chi connectivity index (χ3n) is 6.18. The van der Waals surface area contributed by atoms with E-state index in [1.54, 1.807) is 0 Å². The molecule has 0 radical (unpaired) electrons. The van der Waals surface area contributed by atoms with Crippen LogP contribution in [0.3, 0.4) is 0 Å². The predicted molar refractivity (Wildman–Crippen MR) is 136 cm³/mol. The minimum atomic E-state index is -0.441. The van der Waals surface area contributed by atoms with E-state index in [9.17, 15) is 9.59 Å². The number of likely N-dealkylation sites (N-methyl/N-ethyl adjacent to an activating group) is 1. The Morgan fingerprint density at radius 2 is 1.50 bits per heavy atom. The Morgan fingerprint density at radius 3 is 2.12 bits per heavy atom. The van der Waals surface area contributed by atoms with Crippen LogP contribution in [0.5, 0.6) is 0 Å². The molecule has 7 heteroatoms. The van der Waals surface area contributed by atoms with Gasteiger partial charge in [-0.15, -0.1) is 0 Å². The molecule has 1 N–H and O–H groups in total. The normalized spacial score (nSPS) is 14.5. The minimum Gasteiger partial charge on any atom is -0.336 e. The van der Waals surface area contributed by atoms with Crippen LogP contribution >= 0.6 is 11.3 Å². The average Bonchev–Trinajstić information content (AvgIpc) is 3.27. The molecule has 0 aliphatic carbocycles. The summed E-state index contributed by atoms with van der Waals surface area (Å²) in [6.45, 7) is 3.24. The molecule has 2 heterocycles. The molecule has 0 spiro atoms. The fraction of sp³-hybridized carbons (Fsp3) is 0.222. The van der Waals surface area contributed by atoms with E-state index in [4.69, 9.17) is 0 Å². The number of fused-ring (bicyclic) bond motifs is 1. The number of anilines is 1. The smallest absolute Gasteiger partial charge is 0.253 e. The predicted octanol–water partition coefficient (Wildman–Crippen LogP) is 4.45. The highest BCUT2D eigenvalue weighted by atomic mass is 32.1. The Hall–Kier alpha value is -3.55. The number of nitrogens with zero attached hydrogens (tertiary/aromatic N) is 3. The van der Waals surface area contributed by atoms with Crippen molar-refractivity contribution in [3.05, 3.63) is 95.6 Å². The summed E-state index contributed by atoms with van der Waals surface area (Å²) in [5, 5.41) is 3.54. The molecule has 0 bridgehead atoms. The number of nitrogens with one attached hydrogen (secondary N) is 1. The molecule has 1 fully saturated rings. The number of hydrogen-bond acceptors (Lipinski definition) is 5. The van der Waals surface area contributed by atoms with Gasteiger partial charge >= 0.3 is 0 Å². The topological polar surface area (TPSA) is 65.5 Å². The molecule has 0 unspecified atom stereocenters. The number of piperazine rings is 1. The van der Waals surface area contributed by atoms with Crippen LogP contribution in [0.15, 0.2) is 78.9 Å². The molecule has 34 heavy (non-hydrogen) atoms. The van der Waals surface area contributed by atoms with Gasteiger partial charge in [-0.25, -0.2) is 4.98 Å². The number of rotatable bonds is 5. The maximum atomic E-state index is 13.4. The zero-order valence-electron chi connectivity index (χ0n) is 19.0. The van der Waals surface area contributed by atoms with Gasteiger partial charge in [-0.3, -0.25) is 9.59 Å². The van der Waals surface area contributed by atoms with E-state index in [0.717, 1.165) is 47.5 Å². The van der Waals surface area contributed by atoms with Crippen molar-refractivity contribution < 1.29 is 9.59 Å². The summed E-state index contributed by atoms with van der Waals surface area (Å²) in [6, 6.07) is 25.1. The lowest BCUT2D eigenvalue weighted by atomic mass is 9.90. The van der Waals surface area contributed by atoms with E-state index >= 15 is 0 Å². The van der Waals surface area contributed by atoms with Crippen molar-refractivity contribution in [1.29, 1.82) is 0 Å². The fourth-order valence-corrected chi connectivity index (χ4v) is 5.18. The lowest BCUT2D eigenvalue weighted by molar-refractivity contribution is -0.116. The number of carbonyl (C=O) groups excluding carboxylic acids is 2. The van der Waals surface area contributed by atoms with Crippen molar-refractivity contribution in [2.75, 3.05) is 38.5 Å². The highest BCUT2D eigenvalue weighted by Gasteiger charge is 2.24. The van der Waals surface area contributed by atoms with Gasteiger partial charge in [0, 0.05) is 31.7 Å². The molecule has 4 aromatic rings. The molecule has 1 aliphatic heterocycles. The zero-order valence-corrected chi connectivity index (χ0v) is 19.8. The molecule has 3 aromatic carbocycles. The third-order valence-corrected chi connectivity index (χ3v) is 7.12. The lowest BCUT2D eigenvalue weighted by Gasteiger charge is -2.32. The Morgan fingerprint density at radius 1 is 0.882 bits per heavy atom. The van der Waals surface area contributed by atoms with Gasteiger partial charge in [-0.2, -0.15) is 0 Å². The van der Waals surface area contributed by atoms with Crippen LogP contribution in [-0.2, 0) is 4.79 Å². The van der Waals surface area contributed by atoms with E-state index < -0.39 is 5.92 Å². The Labute approximate surface area is 202 Å². The first-order valence-electron chi connectivity index (χ1n) is 11.4. The number of amides is 2. The standard InChI is InChI=1S/C27H26N4O2S/c1-30-14-16-31(17-15-30)26(33)21-12-13-22-23(18-21)34-27(28-22)29-25(32)24(19-8-4-2-5-9-19)20-10-6-3-7-11-20/h2-13,18,24H,14-17H2,1H3,(H,28,29,32). The van der Waals surface area contributed by atoms with Gasteiger partial charge in [0.2, 0.25) is 5.91 Å². The molecule has 1 saturated heterocycles. The summed E-state index contributed by atoms with van der Waals surface area (Å²) in [5.74, 6) is -0.531. The van der Waals surface area contributed by atoms with Crippen molar-refractivity contribution in [1.82, 2.24) is 14.8 Å². The minimum absolute atomic E-state index is 0.0437. The highest BCUT2D eigenvalue weighted by molar-refractivity contribution is 7.22. The maximum Gasteiger partial charge on any atom is 0.253 e. The monoisotopic (exact) mass is 470 g/mol. The number of benzene rings is 3. The second-order valence-corrected chi connectivity index (χ2v) is 9.57. The van der Waals surface area contributed by atoms with Crippen LogP contribution in [-0.4, -0.2) is 59.8 Å². The third kappa shape index (κ3) is 4.71. The molecule has 1 aliphatic rings. The maximum absolute atomic E-state index is 13.4. The quantitative estimate of drug-likeness (QED) is 0.468. The second-order valence-electron chi connectivity index (χ2n) is 8.54. The number of thiazole rings is 1. The van der Waals surface area contributed by atoms with Crippen molar-refractivity contribution in [2.45, 2.75) is 5.92 Å². The van der Waals surface area contributed by atoms with Gasteiger partial charge in [0.05, 0.1) is 16.1 Å². The Bertz CT molecular complexity index is 1260. The summed E-state index contributed by atoms with van der Waals surface area (Å²) in [5.41, 5.74) is 3.27. The molecular formula is C27H26N4O2S. The second kappa shape index (κ2) is 9.75. The number of aromatic nitrogens is 1. The molecule has 6 nitrogen and oxygen atoms in total. The van der Waals surface area contributed by atoms with Crippen LogP contribution in [0.1, 0.15) is 27.4 Å². The van der Waals surface area contributed by atoms with Crippen molar-refractivity contribution in [3.63, 3.8) is 0 Å². The number of carbonyl (C=O) groups is 2. The van der Waals surface area contributed by atoms with Gasteiger partial charge in [0.25, 0.3) is 5.91 Å². The van der Waals surface area contributed by atoms with E-state index in [1.807, 2.05) is 83.8 Å². The summed E-state index contributed by atoms with van der Waals surface area (Å²) >= 11 is 1.39. The zero-order chi connectivity index (χ0) is 23.5. The average molecular weight is 471 g/mol. The lowest BCUT2D eigenvalue weighted by Crippen LogP contribution is -2.47. The van der Waals surface area contributed by atoms with Gasteiger partial charge < -0.3 is 15.1 Å².